The molecule has 7 nitrogen and oxygen atoms in total. The van der Waals surface area contributed by atoms with E-state index < -0.39 is 10.9 Å². The molecule has 0 aliphatic carbocycles. The molecule has 7 heteroatoms. The summed E-state index contributed by atoms with van der Waals surface area (Å²) >= 11 is 0. The van der Waals surface area contributed by atoms with E-state index in [0.29, 0.717) is 0 Å². The minimum Gasteiger partial charge on any atom is -0.493 e. The van der Waals surface area contributed by atoms with Crippen LogP contribution in [0.2, 0.25) is 0 Å². The number of hydrogen-bond donors (Lipinski definition) is 0. The highest BCUT2D eigenvalue weighted by atomic mass is 16.6. The van der Waals surface area contributed by atoms with Crippen molar-refractivity contribution in [3.63, 3.8) is 0 Å². The molecule has 0 aliphatic heterocycles. The fraction of sp³-hybridized carbons (Fsp3) is 0.200. The lowest BCUT2D eigenvalue weighted by Crippen LogP contribution is -2.05. The molecule has 0 atom stereocenters. The fourth-order valence-corrected chi connectivity index (χ4v) is 1.18. The Hall–Kier alpha value is -2.62. The van der Waals surface area contributed by atoms with Crippen molar-refractivity contribution < 1.29 is 19.2 Å². The minimum atomic E-state index is -0.666. The van der Waals surface area contributed by atoms with Crippen molar-refractivity contribution >= 4 is 11.7 Å². The van der Waals surface area contributed by atoms with Crippen molar-refractivity contribution in [2.24, 2.45) is 0 Å². The summed E-state index contributed by atoms with van der Waals surface area (Å²) in [5.41, 5.74) is -0.444. The smallest absolute Gasteiger partial charge is 0.308 e. The van der Waals surface area contributed by atoms with E-state index >= 15 is 0 Å². The Kier molecular flexibility index (Phi) is 3.62. The average Bonchev–Trinajstić information content (AvgIpc) is 2.28. The van der Waals surface area contributed by atoms with Crippen LogP contribution >= 0.6 is 0 Å². The first-order valence-corrected chi connectivity index (χ1v) is 4.44. The molecule has 0 saturated heterocycles. The van der Waals surface area contributed by atoms with Crippen LogP contribution in [0.3, 0.4) is 0 Å². The van der Waals surface area contributed by atoms with Crippen molar-refractivity contribution in [2.75, 3.05) is 7.11 Å². The predicted molar refractivity (Wildman–Crippen MR) is 55.7 cm³/mol. The van der Waals surface area contributed by atoms with E-state index in [0.717, 1.165) is 19.1 Å². The summed E-state index contributed by atoms with van der Waals surface area (Å²) in [7, 11) is 1.26. The van der Waals surface area contributed by atoms with Gasteiger partial charge in [-0.1, -0.05) is 0 Å². The third kappa shape index (κ3) is 2.69. The molecular weight excluding hydrogens is 228 g/mol. The quantitative estimate of drug-likeness (QED) is 0.340. The molecule has 0 bridgehead atoms. The van der Waals surface area contributed by atoms with E-state index in [1.54, 1.807) is 6.07 Å². The SMILES string of the molecule is COc1cc([N+](=O)[O-])cc(C#N)c1OC(C)=O. The Balaban J connectivity index is 3.42. The van der Waals surface area contributed by atoms with Gasteiger partial charge in [-0.15, -0.1) is 0 Å². The number of nitro groups is 1. The van der Waals surface area contributed by atoms with Gasteiger partial charge in [-0.25, -0.2) is 0 Å². The number of ether oxygens (including phenoxy) is 2. The maximum absolute atomic E-state index is 10.8. The number of esters is 1. The van der Waals surface area contributed by atoms with Gasteiger partial charge >= 0.3 is 5.97 Å². The van der Waals surface area contributed by atoms with Crippen LogP contribution in [0.15, 0.2) is 12.1 Å². The molecule has 0 saturated carbocycles. The molecular formula is C10H8N2O5. The minimum absolute atomic E-state index is 0.0362. The van der Waals surface area contributed by atoms with Crippen LogP contribution in [0.4, 0.5) is 5.69 Å². The number of methoxy groups -OCH3 is 1. The van der Waals surface area contributed by atoms with Crippen LogP contribution < -0.4 is 9.47 Å². The number of nitro benzene ring substituents is 1. The van der Waals surface area contributed by atoms with Gasteiger partial charge in [-0.2, -0.15) is 5.26 Å². The first kappa shape index (κ1) is 12.4. The zero-order valence-electron chi connectivity index (χ0n) is 9.09. The highest BCUT2D eigenvalue weighted by Gasteiger charge is 2.19. The normalized spacial score (nSPS) is 9.24. The Labute approximate surface area is 96.3 Å². The molecule has 0 radical (unpaired) electrons. The van der Waals surface area contributed by atoms with Gasteiger partial charge in [-0.3, -0.25) is 14.9 Å². The number of benzene rings is 1. The lowest BCUT2D eigenvalue weighted by atomic mass is 10.2. The number of nitriles is 1. The van der Waals surface area contributed by atoms with E-state index in [4.69, 9.17) is 14.7 Å². The van der Waals surface area contributed by atoms with Crippen molar-refractivity contribution in [3.05, 3.63) is 27.8 Å². The second kappa shape index (κ2) is 4.94. The number of nitrogens with zero attached hydrogens (tertiary/aromatic N) is 2. The maximum Gasteiger partial charge on any atom is 0.308 e. The monoisotopic (exact) mass is 236 g/mol. The molecule has 1 aromatic rings. The molecule has 0 unspecified atom stereocenters. The van der Waals surface area contributed by atoms with Crippen molar-refractivity contribution in [2.45, 2.75) is 6.92 Å². The number of carbonyl (C=O) groups excluding carboxylic acids is 1. The Morgan fingerprint density at radius 2 is 2.18 bits per heavy atom. The van der Waals surface area contributed by atoms with Gasteiger partial charge in [0.15, 0.2) is 11.5 Å². The molecule has 17 heavy (non-hydrogen) atoms. The molecule has 0 amide bonds. The largest absolute Gasteiger partial charge is 0.493 e. The Bertz CT molecular complexity index is 518. The van der Waals surface area contributed by atoms with Crippen LogP contribution in [0.1, 0.15) is 12.5 Å². The number of rotatable bonds is 3. The van der Waals surface area contributed by atoms with Gasteiger partial charge in [0.1, 0.15) is 11.6 Å². The summed E-state index contributed by atoms with van der Waals surface area (Å²) in [6, 6.07) is 3.81. The number of carbonyl (C=O) groups is 1. The number of hydrogen-bond acceptors (Lipinski definition) is 6. The molecule has 1 aromatic carbocycles. The molecule has 0 aliphatic rings. The van der Waals surface area contributed by atoms with E-state index in [1.807, 2.05) is 0 Å². The zero-order valence-corrected chi connectivity index (χ0v) is 9.09. The van der Waals surface area contributed by atoms with E-state index in [2.05, 4.69) is 0 Å². The third-order valence-electron chi connectivity index (χ3n) is 1.84. The predicted octanol–water partition coefficient (Wildman–Crippen LogP) is 1.40. The van der Waals surface area contributed by atoms with Crippen LogP contribution in [0.5, 0.6) is 11.5 Å². The molecule has 1 rings (SSSR count). The van der Waals surface area contributed by atoms with Crippen LogP contribution in [0.25, 0.3) is 0 Å². The van der Waals surface area contributed by atoms with Crippen molar-refractivity contribution in [1.29, 1.82) is 5.26 Å². The second-order valence-electron chi connectivity index (χ2n) is 2.99. The van der Waals surface area contributed by atoms with Crippen LogP contribution in [-0.4, -0.2) is 18.0 Å². The van der Waals surface area contributed by atoms with Crippen molar-refractivity contribution in [1.82, 2.24) is 0 Å². The van der Waals surface area contributed by atoms with Crippen LogP contribution in [0, 0.1) is 21.4 Å². The second-order valence-corrected chi connectivity index (χ2v) is 2.99. The summed E-state index contributed by atoms with van der Waals surface area (Å²) in [6.45, 7) is 1.15. The highest BCUT2D eigenvalue weighted by molar-refractivity contribution is 5.73. The van der Waals surface area contributed by atoms with Gasteiger partial charge in [0, 0.05) is 13.0 Å². The van der Waals surface area contributed by atoms with E-state index in [9.17, 15) is 14.9 Å². The topological polar surface area (TPSA) is 102 Å². The van der Waals surface area contributed by atoms with Gasteiger partial charge in [0.25, 0.3) is 5.69 Å². The standard InChI is InChI=1S/C10H8N2O5/c1-6(13)17-10-7(5-11)3-8(12(14)15)4-9(10)16-2/h3-4H,1-2H3. The summed E-state index contributed by atoms with van der Waals surface area (Å²) in [5.74, 6) is -0.798. The Morgan fingerprint density at radius 3 is 2.59 bits per heavy atom. The highest BCUT2D eigenvalue weighted by Crippen LogP contribution is 2.35. The summed E-state index contributed by atoms with van der Waals surface area (Å²) in [5, 5.41) is 19.4. The lowest BCUT2D eigenvalue weighted by Gasteiger charge is -2.08. The fourth-order valence-electron chi connectivity index (χ4n) is 1.18. The maximum atomic E-state index is 10.8. The van der Waals surface area contributed by atoms with Crippen LogP contribution in [-0.2, 0) is 4.79 Å². The lowest BCUT2D eigenvalue weighted by molar-refractivity contribution is -0.385. The summed E-state index contributed by atoms with van der Waals surface area (Å²) in [6.07, 6.45) is 0. The van der Waals surface area contributed by atoms with Gasteiger partial charge in [0.2, 0.25) is 0 Å². The Morgan fingerprint density at radius 1 is 1.53 bits per heavy atom. The van der Waals surface area contributed by atoms with E-state index in [1.165, 1.54) is 7.11 Å². The molecule has 0 N–H and O–H groups in total. The number of non-ortho nitro benzene ring substituents is 1. The van der Waals surface area contributed by atoms with Gasteiger partial charge < -0.3 is 9.47 Å². The van der Waals surface area contributed by atoms with Gasteiger partial charge in [-0.05, 0) is 0 Å². The summed E-state index contributed by atoms with van der Waals surface area (Å²) in [4.78, 5) is 20.8. The molecule has 88 valence electrons. The first-order chi connectivity index (χ1) is 7.99. The zero-order chi connectivity index (χ0) is 13.0. The molecule has 0 spiro atoms. The van der Waals surface area contributed by atoms with Crippen molar-refractivity contribution in [3.8, 4) is 17.6 Å². The summed E-state index contributed by atoms with van der Waals surface area (Å²) < 4.78 is 9.63. The molecule has 0 heterocycles. The van der Waals surface area contributed by atoms with Gasteiger partial charge in [0.05, 0.1) is 18.1 Å². The molecule has 0 fully saturated rings. The first-order valence-electron chi connectivity index (χ1n) is 4.44. The van der Waals surface area contributed by atoms with E-state index in [-0.39, 0.29) is 22.7 Å². The molecule has 0 aromatic heterocycles. The third-order valence-corrected chi connectivity index (χ3v) is 1.84. The average molecular weight is 236 g/mol.